The molecule has 0 aromatic heterocycles. The highest BCUT2D eigenvalue weighted by molar-refractivity contribution is 5.93. The molecule has 4 rings (SSSR count). The summed E-state index contributed by atoms with van der Waals surface area (Å²) in [7, 11) is 0. The molecule has 19 heavy (non-hydrogen) atoms. The van der Waals surface area contributed by atoms with Gasteiger partial charge in [-0.3, -0.25) is 0 Å². The van der Waals surface area contributed by atoms with E-state index in [9.17, 15) is 5.11 Å². The third-order valence-electron chi connectivity index (χ3n) is 4.71. The highest BCUT2D eigenvalue weighted by Crippen LogP contribution is 2.36. The van der Waals surface area contributed by atoms with Crippen LogP contribution >= 0.6 is 0 Å². The van der Waals surface area contributed by atoms with E-state index < -0.39 is 0 Å². The first-order chi connectivity index (χ1) is 9.34. The Balaban J connectivity index is 1.87. The third-order valence-corrected chi connectivity index (χ3v) is 4.71. The Bertz CT molecular complexity index is 618. The number of benzene rings is 2. The molecule has 0 radical (unpaired) electrons. The van der Waals surface area contributed by atoms with Gasteiger partial charge in [-0.15, -0.1) is 0 Å². The molecule has 0 bridgehead atoms. The Morgan fingerprint density at radius 1 is 1.11 bits per heavy atom. The Kier molecular flexibility index (Phi) is 2.61. The number of rotatable bonds is 2. The van der Waals surface area contributed by atoms with Gasteiger partial charge in [0.15, 0.2) is 0 Å². The Morgan fingerprint density at radius 2 is 1.95 bits per heavy atom. The largest absolute Gasteiger partial charge is 0.387 e. The minimum atomic E-state index is -0.382. The van der Waals surface area contributed by atoms with Gasteiger partial charge >= 0.3 is 0 Å². The highest BCUT2D eigenvalue weighted by Gasteiger charge is 2.26. The molecule has 2 atom stereocenters. The lowest BCUT2D eigenvalue weighted by Gasteiger charge is -2.21. The lowest BCUT2D eigenvalue weighted by atomic mass is 9.93. The Hall–Kier alpha value is -1.38. The monoisotopic (exact) mass is 253 g/mol. The smallest absolute Gasteiger partial charge is 0.0948 e. The number of aryl methyl sites for hydroxylation is 2. The van der Waals surface area contributed by atoms with Crippen molar-refractivity contribution in [3.8, 4) is 0 Å². The average molecular weight is 253 g/mol. The van der Waals surface area contributed by atoms with Gasteiger partial charge in [-0.25, -0.2) is 0 Å². The van der Waals surface area contributed by atoms with Crippen LogP contribution in [-0.2, 0) is 12.8 Å². The SMILES string of the molecule is OC(c1ccc2c3c(cccc13)CC2)C1CCCN1. The van der Waals surface area contributed by atoms with Crippen LogP contribution in [0.3, 0.4) is 0 Å². The van der Waals surface area contributed by atoms with Crippen molar-refractivity contribution >= 4 is 10.8 Å². The van der Waals surface area contributed by atoms with Crippen molar-refractivity contribution in [2.75, 3.05) is 6.54 Å². The summed E-state index contributed by atoms with van der Waals surface area (Å²) in [4.78, 5) is 0. The van der Waals surface area contributed by atoms with Crippen molar-refractivity contribution in [3.63, 3.8) is 0 Å². The van der Waals surface area contributed by atoms with Crippen molar-refractivity contribution in [2.45, 2.75) is 37.8 Å². The fraction of sp³-hybridized carbons (Fsp3) is 0.412. The van der Waals surface area contributed by atoms with Crippen LogP contribution in [0.2, 0.25) is 0 Å². The van der Waals surface area contributed by atoms with Crippen molar-refractivity contribution in [3.05, 3.63) is 47.0 Å². The Labute approximate surface area is 113 Å². The molecule has 2 aromatic rings. The van der Waals surface area contributed by atoms with Crippen LogP contribution in [0.25, 0.3) is 10.8 Å². The summed E-state index contributed by atoms with van der Waals surface area (Å²) in [6.07, 6.45) is 4.15. The number of nitrogens with one attached hydrogen (secondary N) is 1. The van der Waals surface area contributed by atoms with E-state index in [2.05, 4.69) is 35.6 Å². The second-order valence-electron chi connectivity index (χ2n) is 5.80. The maximum atomic E-state index is 10.7. The molecule has 2 nitrogen and oxygen atoms in total. The normalized spacial score (nSPS) is 23.1. The van der Waals surface area contributed by atoms with Crippen LogP contribution in [0.15, 0.2) is 30.3 Å². The topological polar surface area (TPSA) is 32.3 Å². The fourth-order valence-corrected chi connectivity index (χ4v) is 3.73. The first kappa shape index (κ1) is 11.4. The number of hydrogen-bond acceptors (Lipinski definition) is 2. The molecule has 1 saturated heterocycles. The maximum absolute atomic E-state index is 10.7. The Morgan fingerprint density at radius 3 is 2.74 bits per heavy atom. The van der Waals surface area contributed by atoms with Crippen molar-refractivity contribution in [1.29, 1.82) is 0 Å². The molecule has 2 aliphatic rings. The van der Waals surface area contributed by atoms with E-state index in [0.29, 0.717) is 0 Å². The first-order valence-electron chi connectivity index (χ1n) is 7.29. The summed E-state index contributed by atoms with van der Waals surface area (Å²) in [5.41, 5.74) is 3.99. The van der Waals surface area contributed by atoms with Gasteiger partial charge in [0.25, 0.3) is 0 Å². The zero-order valence-electron chi connectivity index (χ0n) is 11.0. The highest BCUT2D eigenvalue weighted by atomic mass is 16.3. The van der Waals surface area contributed by atoms with Gasteiger partial charge in [0.05, 0.1) is 6.10 Å². The number of hydrogen-bond donors (Lipinski definition) is 2. The molecule has 98 valence electrons. The van der Waals surface area contributed by atoms with Crippen LogP contribution in [0, 0.1) is 0 Å². The van der Waals surface area contributed by atoms with Gasteiger partial charge in [0.2, 0.25) is 0 Å². The molecule has 1 aliphatic carbocycles. The molecular formula is C17H19NO. The zero-order chi connectivity index (χ0) is 12.8. The van der Waals surface area contributed by atoms with E-state index in [1.165, 1.54) is 28.3 Å². The molecule has 1 aliphatic heterocycles. The van der Waals surface area contributed by atoms with Crippen molar-refractivity contribution < 1.29 is 5.11 Å². The lowest BCUT2D eigenvalue weighted by Crippen LogP contribution is -2.28. The molecule has 2 unspecified atom stereocenters. The predicted octanol–water partition coefficient (Wildman–Crippen LogP) is 2.72. The minimum Gasteiger partial charge on any atom is -0.387 e. The van der Waals surface area contributed by atoms with Crippen molar-refractivity contribution in [2.24, 2.45) is 0 Å². The van der Waals surface area contributed by atoms with Crippen LogP contribution in [0.1, 0.15) is 35.6 Å². The summed E-state index contributed by atoms with van der Waals surface area (Å²) in [5, 5.41) is 16.7. The quantitative estimate of drug-likeness (QED) is 0.862. The molecule has 0 amide bonds. The predicted molar refractivity (Wildman–Crippen MR) is 77.3 cm³/mol. The van der Waals surface area contributed by atoms with Crippen LogP contribution < -0.4 is 5.32 Å². The van der Waals surface area contributed by atoms with E-state index in [4.69, 9.17) is 0 Å². The second-order valence-corrected chi connectivity index (χ2v) is 5.80. The van der Waals surface area contributed by atoms with E-state index in [0.717, 1.165) is 31.4 Å². The minimum absolute atomic E-state index is 0.221. The summed E-state index contributed by atoms with van der Waals surface area (Å²) < 4.78 is 0. The van der Waals surface area contributed by atoms with Gasteiger partial charge in [0.1, 0.15) is 0 Å². The van der Waals surface area contributed by atoms with E-state index in [-0.39, 0.29) is 12.1 Å². The summed E-state index contributed by atoms with van der Waals surface area (Å²) >= 11 is 0. The molecule has 0 saturated carbocycles. The molecule has 0 spiro atoms. The van der Waals surface area contributed by atoms with Gasteiger partial charge in [0, 0.05) is 6.04 Å². The molecule has 1 fully saturated rings. The number of aliphatic hydroxyl groups is 1. The molecular weight excluding hydrogens is 234 g/mol. The molecule has 1 heterocycles. The van der Waals surface area contributed by atoms with Gasteiger partial charge in [-0.2, -0.15) is 0 Å². The van der Waals surface area contributed by atoms with Crippen LogP contribution in [-0.4, -0.2) is 17.7 Å². The van der Waals surface area contributed by atoms with E-state index in [1.54, 1.807) is 0 Å². The fourth-order valence-electron chi connectivity index (χ4n) is 3.73. The summed E-state index contributed by atoms with van der Waals surface area (Å²) in [5.74, 6) is 0. The van der Waals surface area contributed by atoms with Crippen molar-refractivity contribution in [1.82, 2.24) is 5.32 Å². The standard InChI is InChI=1S/C17H19NO/c19-17(15-5-2-10-18-15)14-9-8-12-7-6-11-3-1-4-13(14)16(11)12/h1,3-4,8-9,15,17-19H,2,5-7,10H2. The van der Waals surface area contributed by atoms with E-state index in [1.807, 2.05) is 0 Å². The molecule has 2 aromatic carbocycles. The summed E-state index contributed by atoms with van der Waals surface area (Å²) in [6.45, 7) is 1.03. The summed E-state index contributed by atoms with van der Waals surface area (Å²) in [6, 6.07) is 11.1. The first-order valence-corrected chi connectivity index (χ1v) is 7.29. The van der Waals surface area contributed by atoms with E-state index >= 15 is 0 Å². The van der Waals surface area contributed by atoms with Crippen LogP contribution in [0.4, 0.5) is 0 Å². The maximum Gasteiger partial charge on any atom is 0.0948 e. The average Bonchev–Trinajstić information content (AvgIpc) is 3.09. The number of aliphatic hydroxyl groups excluding tert-OH is 1. The van der Waals surface area contributed by atoms with Gasteiger partial charge in [-0.1, -0.05) is 30.3 Å². The molecule has 2 N–H and O–H groups in total. The zero-order valence-corrected chi connectivity index (χ0v) is 11.0. The van der Waals surface area contributed by atoms with Gasteiger partial charge < -0.3 is 10.4 Å². The van der Waals surface area contributed by atoms with Gasteiger partial charge in [-0.05, 0) is 59.7 Å². The molecule has 2 heteroatoms. The second kappa shape index (κ2) is 4.32. The lowest BCUT2D eigenvalue weighted by molar-refractivity contribution is 0.139. The van der Waals surface area contributed by atoms with Crippen LogP contribution in [0.5, 0.6) is 0 Å². The third kappa shape index (κ3) is 1.71.